The van der Waals surface area contributed by atoms with E-state index in [2.05, 4.69) is 10.1 Å². The maximum atomic E-state index is 13.4. The number of benzene rings is 1. The molecule has 1 aliphatic heterocycles. The average Bonchev–Trinajstić information content (AvgIpc) is 3.22. The van der Waals surface area contributed by atoms with Gasteiger partial charge in [0.05, 0.1) is 12.2 Å². The molecule has 1 aromatic carbocycles. The molecule has 1 saturated carbocycles. The van der Waals surface area contributed by atoms with Gasteiger partial charge in [-0.1, -0.05) is 5.16 Å². The summed E-state index contributed by atoms with van der Waals surface area (Å²) in [4.78, 5) is 18.6. The second-order valence-electron chi connectivity index (χ2n) is 6.91. The molecule has 0 N–H and O–H groups in total. The molecule has 1 amide bonds. The molecule has 0 radical (unpaired) electrons. The summed E-state index contributed by atoms with van der Waals surface area (Å²) in [5.41, 5.74) is 1.63. The van der Waals surface area contributed by atoms with Crippen LogP contribution in [-0.2, 0) is 13.0 Å². The molecular weight excluding hydrogens is 356 g/mol. The zero-order valence-electron chi connectivity index (χ0n) is 14.2. The number of carbonyl (C=O) groups excluding carboxylic acids is 1. The predicted octanol–water partition coefficient (Wildman–Crippen LogP) is 3.68. The van der Waals surface area contributed by atoms with Gasteiger partial charge in [0.1, 0.15) is 23.1 Å². The lowest BCUT2D eigenvalue weighted by Gasteiger charge is -2.23. The number of aromatic nitrogens is 2. The normalized spacial score (nSPS) is 16.4. The third kappa shape index (κ3) is 3.01. The van der Waals surface area contributed by atoms with Crippen LogP contribution in [-0.4, -0.2) is 27.5 Å². The number of fused-ring (bicyclic) bond motifs is 1. The molecule has 2 aromatic heterocycles. The fourth-order valence-corrected chi connectivity index (χ4v) is 3.29. The Balaban J connectivity index is 1.37. The Kier molecular flexibility index (Phi) is 3.60. The third-order valence-electron chi connectivity index (χ3n) is 4.86. The van der Waals surface area contributed by atoms with E-state index < -0.39 is 11.6 Å². The summed E-state index contributed by atoms with van der Waals surface area (Å²) in [7, 11) is 0. The minimum absolute atomic E-state index is 0.142. The van der Waals surface area contributed by atoms with E-state index in [1.54, 1.807) is 11.0 Å². The molecule has 138 valence electrons. The highest BCUT2D eigenvalue weighted by atomic mass is 19.1. The summed E-state index contributed by atoms with van der Waals surface area (Å²) in [5.74, 6) is -0.256. The summed E-state index contributed by atoms with van der Waals surface area (Å²) in [5, 5.41) is 3.97. The van der Waals surface area contributed by atoms with Crippen LogP contribution in [0.25, 0.3) is 11.5 Å². The van der Waals surface area contributed by atoms with Crippen LogP contribution in [0.15, 0.2) is 33.2 Å². The Morgan fingerprint density at radius 2 is 1.93 bits per heavy atom. The molecule has 0 atom stereocenters. The largest absolute Gasteiger partial charge is 0.441 e. The second-order valence-corrected chi connectivity index (χ2v) is 6.91. The van der Waals surface area contributed by atoms with E-state index in [4.69, 9.17) is 8.94 Å². The fourth-order valence-electron chi connectivity index (χ4n) is 3.29. The molecule has 2 aliphatic rings. The summed E-state index contributed by atoms with van der Waals surface area (Å²) < 4.78 is 37.7. The van der Waals surface area contributed by atoms with Crippen molar-refractivity contribution in [3.05, 3.63) is 58.8 Å². The van der Waals surface area contributed by atoms with Crippen LogP contribution < -0.4 is 0 Å². The first-order valence-electron chi connectivity index (χ1n) is 8.78. The van der Waals surface area contributed by atoms with Gasteiger partial charge in [0.2, 0.25) is 11.7 Å². The lowest BCUT2D eigenvalue weighted by atomic mass is 10.1. The predicted molar refractivity (Wildman–Crippen MR) is 88.8 cm³/mol. The standard InChI is InChI=1S/C19H15F2N3O3/c20-12-5-11(6-13(21)7-12)18-22-15-9-24(4-3-16(15)26-18)19(25)17-8-14(23-27-17)10-1-2-10/h5-8,10H,1-4,9H2. The number of hydrogen-bond donors (Lipinski definition) is 0. The first-order valence-corrected chi connectivity index (χ1v) is 8.78. The molecule has 8 heteroatoms. The number of hydrogen-bond acceptors (Lipinski definition) is 5. The summed E-state index contributed by atoms with van der Waals surface area (Å²) in [6.07, 6.45) is 2.63. The van der Waals surface area contributed by atoms with Crippen molar-refractivity contribution in [1.82, 2.24) is 15.0 Å². The average molecular weight is 371 g/mol. The molecule has 0 unspecified atom stereocenters. The molecule has 27 heavy (non-hydrogen) atoms. The first kappa shape index (κ1) is 16.2. The van der Waals surface area contributed by atoms with E-state index in [1.807, 2.05) is 0 Å². The molecular formula is C19H15F2N3O3. The highest BCUT2D eigenvalue weighted by Gasteiger charge is 2.31. The minimum atomic E-state index is -0.699. The maximum Gasteiger partial charge on any atom is 0.292 e. The van der Waals surface area contributed by atoms with Crippen LogP contribution in [0, 0.1) is 11.6 Å². The van der Waals surface area contributed by atoms with Crippen molar-refractivity contribution in [3.8, 4) is 11.5 Å². The van der Waals surface area contributed by atoms with Crippen LogP contribution in [0.3, 0.4) is 0 Å². The van der Waals surface area contributed by atoms with Gasteiger partial charge < -0.3 is 13.8 Å². The monoisotopic (exact) mass is 371 g/mol. The second kappa shape index (κ2) is 6.00. The highest BCUT2D eigenvalue weighted by Crippen LogP contribution is 2.39. The van der Waals surface area contributed by atoms with Gasteiger partial charge in [-0.15, -0.1) is 0 Å². The zero-order valence-corrected chi connectivity index (χ0v) is 14.2. The molecule has 0 saturated heterocycles. The molecule has 0 bridgehead atoms. The van der Waals surface area contributed by atoms with E-state index in [-0.39, 0.29) is 29.7 Å². The van der Waals surface area contributed by atoms with E-state index in [0.29, 0.717) is 30.3 Å². The lowest BCUT2D eigenvalue weighted by Crippen LogP contribution is -2.35. The van der Waals surface area contributed by atoms with Crippen molar-refractivity contribution in [1.29, 1.82) is 0 Å². The summed E-state index contributed by atoms with van der Waals surface area (Å²) >= 11 is 0. The van der Waals surface area contributed by atoms with Crippen molar-refractivity contribution < 1.29 is 22.5 Å². The van der Waals surface area contributed by atoms with Gasteiger partial charge in [0.25, 0.3) is 5.91 Å². The number of carbonyl (C=O) groups is 1. The SMILES string of the molecule is O=C(c1cc(C2CC2)no1)N1CCc2oc(-c3cc(F)cc(F)c3)nc2C1. The van der Waals surface area contributed by atoms with E-state index in [9.17, 15) is 13.6 Å². The maximum absolute atomic E-state index is 13.4. The summed E-state index contributed by atoms with van der Waals surface area (Å²) in [6.45, 7) is 0.687. The Morgan fingerprint density at radius 1 is 1.15 bits per heavy atom. The van der Waals surface area contributed by atoms with Gasteiger partial charge in [-0.2, -0.15) is 0 Å². The smallest absolute Gasteiger partial charge is 0.292 e. The van der Waals surface area contributed by atoms with Gasteiger partial charge in [-0.25, -0.2) is 13.8 Å². The molecule has 6 nitrogen and oxygen atoms in total. The van der Waals surface area contributed by atoms with Gasteiger partial charge in [-0.05, 0) is 25.0 Å². The first-order chi connectivity index (χ1) is 13.1. The Hall–Kier alpha value is -3.03. The fraction of sp³-hybridized carbons (Fsp3) is 0.316. The molecule has 0 spiro atoms. The number of rotatable bonds is 3. The topological polar surface area (TPSA) is 72.4 Å². The van der Waals surface area contributed by atoms with Crippen LogP contribution in [0.1, 0.15) is 46.5 Å². The van der Waals surface area contributed by atoms with Crippen LogP contribution in [0.2, 0.25) is 0 Å². The van der Waals surface area contributed by atoms with Crippen molar-refractivity contribution in [3.63, 3.8) is 0 Å². The molecule has 3 aromatic rings. The molecule has 3 heterocycles. The van der Waals surface area contributed by atoms with Crippen molar-refractivity contribution in [2.45, 2.75) is 31.7 Å². The number of oxazole rings is 1. The van der Waals surface area contributed by atoms with Crippen LogP contribution >= 0.6 is 0 Å². The minimum Gasteiger partial charge on any atom is -0.441 e. The van der Waals surface area contributed by atoms with Crippen molar-refractivity contribution in [2.75, 3.05) is 6.54 Å². The molecule has 1 aliphatic carbocycles. The third-order valence-corrected chi connectivity index (χ3v) is 4.86. The number of halogens is 2. The Labute approximate surface area is 152 Å². The molecule has 5 rings (SSSR count). The van der Waals surface area contributed by atoms with Gasteiger partial charge >= 0.3 is 0 Å². The molecule has 1 fully saturated rings. The van der Waals surface area contributed by atoms with Crippen molar-refractivity contribution in [2.24, 2.45) is 0 Å². The number of amides is 1. The zero-order chi connectivity index (χ0) is 18.5. The Morgan fingerprint density at radius 3 is 2.67 bits per heavy atom. The number of nitrogens with zero attached hydrogens (tertiary/aromatic N) is 3. The highest BCUT2D eigenvalue weighted by molar-refractivity contribution is 5.91. The lowest BCUT2D eigenvalue weighted by molar-refractivity contribution is 0.0685. The van der Waals surface area contributed by atoms with Gasteiger partial charge in [0.15, 0.2) is 0 Å². The van der Waals surface area contributed by atoms with E-state index >= 15 is 0 Å². The van der Waals surface area contributed by atoms with E-state index in [1.165, 1.54) is 0 Å². The van der Waals surface area contributed by atoms with Crippen LogP contribution in [0.4, 0.5) is 8.78 Å². The van der Waals surface area contributed by atoms with Crippen LogP contribution in [0.5, 0.6) is 0 Å². The Bertz CT molecular complexity index is 1020. The van der Waals surface area contributed by atoms with Gasteiger partial charge in [0, 0.05) is 36.6 Å². The van der Waals surface area contributed by atoms with Gasteiger partial charge in [-0.3, -0.25) is 4.79 Å². The quantitative estimate of drug-likeness (QED) is 0.702. The van der Waals surface area contributed by atoms with E-state index in [0.717, 1.165) is 36.7 Å². The van der Waals surface area contributed by atoms with Crippen molar-refractivity contribution >= 4 is 5.91 Å². The summed E-state index contributed by atoms with van der Waals surface area (Å²) in [6, 6.07) is 4.83.